The maximum absolute atomic E-state index is 15.3. The highest BCUT2D eigenvalue weighted by Crippen LogP contribution is 2.35. The van der Waals surface area contributed by atoms with Crippen LogP contribution in [0.5, 0.6) is 11.5 Å². The average Bonchev–Trinajstić information content (AvgIpc) is 3.45. The third-order valence-electron chi connectivity index (χ3n) is 6.97. The fraction of sp³-hybridized carbons (Fsp3) is 0.345. The quantitative estimate of drug-likeness (QED) is 0.447. The summed E-state index contributed by atoms with van der Waals surface area (Å²) in [7, 11) is 0. The number of hydrogen-bond acceptors (Lipinski definition) is 5. The predicted octanol–water partition coefficient (Wildman–Crippen LogP) is 4.67. The van der Waals surface area contributed by atoms with Gasteiger partial charge in [0.15, 0.2) is 11.5 Å². The number of rotatable bonds is 8. The maximum Gasteiger partial charge on any atom is 0.349 e. The molecule has 0 aliphatic carbocycles. The molecule has 5 rings (SSSR count). The van der Waals surface area contributed by atoms with Crippen LogP contribution in [-0.4, -0.2) is 54.8 Å². The summed E-state index contributed by atoms with van der Waals surface area (Å²) in [5.41, 5.74) is 1.24. The molecule has 0 spiro atoms. The molecule has 2 aliphatic heterocycles. The van der Waals surface area contributed by atoms with Gasteiger partial charge in [0.05, 0.1) is 6.04 Å². The van der Waals surface area contributed by atoms with Crippen molar-refractivity contribution in [3.63, 3.8) is 0 Å². The number of hydrogen-bond donors (Lipinski definition) is 2. The van der Waals surface area contributed by atoms with Gasteiger partial charge in [0.25, 0.3) is 5.91 Å². The summed E-state index contributed by atoms with van der Waals surface area (Å²) in [5, 5.41) is 13.6. The first-order valence-corrected chi connectivity index (χ1v) is 12.7. The lowest BCUT2D eigenvalue weighted by atomic mass is 9.98. The van der Waals surface area contributed by atoms with Crippen LogP contribution in [0.4, 0.5) is 13.2 Å². The third-order valence-corrected chi connectivity index (χ3v) is 6.97. The molecular weight excluding hydrogens is 497 g/mol. The summed E-state index contributed by atoms with van der Waals surface area (Å²) < 4.78 is 54.9. The van der Waals surface area contributed by atoms with E-state index in [9.17, 15) is 14.3 Å². The number of alkyl halides is 2. The molecule has 2 heterocycles. The van der Waals surface area contributed by atoms with E-state index in [2.05, 4.69) is 5.32 Å². The molecule has 0 saturated carbocycles. The van der Waals surface area contributed by atoms with Crippen LogP contribution in [0, 0.1) is 5.82 Å². The second-order valence-electron chi connectivity index (χ2n) is 9.59. The van der Waals surface area contributed by atoms with E-state index in [0.717, 1.165) is 25.9 Å². The highest BCUT2D eigenvalue weighted by Gasteiger charge is 2.43. The Balaban J connectivity index is 1.34. The zero-order chi connectivity index (χ0) is 26.7. The van der Waals surface area contributed by atoms with Crippen LogP contribution in [0.25, 0.3) is 11.1 Å². The fourth-order valence-corrected chi connectivity index (χ4v) is 4.85. The van der Waals surface area contributed by atoms with Crippen molar-refractivity contribution in [1.29, 1.82) is 0 Å². The van der Waals surface area contributed by atoms with Crippen molar-refractivity contribution in [2.45, 2.75) is 30.9 Å². The van der Waals surface area contributed by atoms with Gasteiger partial charge in [-0.25, -0.2) is 4.39 Å². The zero-order valence-corrected chi connectivity index (χ0v) is 20.7. The Morgan fingerprint density at radius 3 is 2.18 bits per heavy atom. The van der Waals surface area contributed by atoms with Crippen LogP contribution in [0.2, 0.25) is 0 Å². The van der Waals surface area contributed by atoms with E-state index in [4.69, 9.17) is 9.47 Å². The Morgan fingerprint density at radius 2 is 1.53 bits per heavy atom. The van der Waals surface area contributed by atoms with Gasteiger partial charge >= 0.3 is 5.92 Å². The van der Waals surface area contributed by atoms with Crippen LogP contribution in [0.1, 0.15) is 30.1 Å². The van der Waals surface area contributed by atoms with Crippen LogP contribution in [0.15, 0.2) is 66.7 Å². The predicted molar refractivity (Wildman–Crippen MR) is 136 cm³/mol. The SMILES string of the molecule is O=C(NC(CN1CCCC1)C(O)c1ccc2c(c1)OCCO2)C(F)(F)c1ccc(-c2ccc(F)cc2)cc1. The summed E-state index contributed by atoms with van der Waals surface area (Å²) in [6.07, 6.45) is 0.696. The van der Waals surface area contributed by atoms with E-state index in [1.54, 1.807) is 30.3 Å². The van der Waals surface area contributed by atoms with Crippen molar-refractivity contribution in [2.24, 2.45) is 0 Å². The lowest BCUT2D eigenvalue weighted by Gasteiger charge is -2.30. The molecule has 0 bridgehead atoms. The first kappa shape index (κ1) is 26.1. The van der Waals surface area contributed by atoms with Crippen molar-refractivity contribution in [3.05, 3.63) is 83.7 Å². The molecular formula is C29H29F3N2O4. The monoisotopic (exact) mass is 526 g/mol. The number of carbonyl (C=O) groups is 1. The lowest BCUT2D eigenvalue weighted by Crippen LogP contribution is -2.50. The molecule has 38 heavy (non-hydrogen) atoms. The molecule has 3 aromatic carbocycles. The van der Waals surface area contributed by atoms with E-state index in [1.807, 2.05) is 4.90 Å². The lowest BCUT2D eigenvalue weighted by molar-refractivity contribution is -0.149. The first-order valence-electron chi connectivity index (χ1n) is 12.7. The molecule has 1 fully saturated rings. The molecule has 200 valence electrons. The molecule has 3 aromatic rings. The van der Waals surface area contributed by atoms with Gasteiger partial charge in [-0.3, -0.25) is 4.79 Å². The van der Waals surface area contributed by atoms with Crippen molar-refractivity contribution in [3.8, 4) is 22.6 Å². The molecule has 0 aromatic heterocycles. The molecule has 1 saturated heterocycles. The molecule has 0 radical (unpaired) electrons. The molecule has 1 amide bonds. The number of nitrogens with zero attached hydrogens (tertiary/aromatic N) is 1. The van der Waals surface area contributed by atoms with Gasteiger partial charge in [0.1, 0.15) is 25.1 Å². The van der Waals surface area contributed by atoms with E-state index in [-0.39, 0.29) is 6.54 Å². The van der Waals surface area contributed by atoms with E-state index in [1.165, 1.54) is 36.4 Å². The Bertz CT molecular complexity index is 1260. The Morgan fingerprint density at radius 1 is 0.921 bits per heavy atom. The molecule has 2 aliphatic rings. The van der Waals surface area contributed by atoms with Gasteiger partial charge in [-0.05, 0) is 66.9 Å². The maximum atomic E-state index is 15.3. The second kappa shape index (κ2) is 11.0. The fourth-order valence-electron chi connectivity index (χ4n) is 4.85. The van der Waals surface area contributed by atoms with Crippen LogP contribution < -0.4 is 14.8 Å². The minimum atomic E-state index is -3.84. The summed E-state index contributed by atoms with van der Waals surface area (Å²) in [5.74, 6) is -4.71. The highest BCUT2D eigenvalue weighted by atomic mass is 19.3. The van der Waals surface area contributed by atoms with Crippen LogP contribution in [0.3, 0.4) is 0 Å². The Kier molecular flexibility index (Phi) is 7.58. The molecule has 6 nitrogen and oxygen atoms in total. The average molecular weight is 527 g/mol. The smallest absolute Gasteiger partial charge is 0.349 e. The molecule has 9 heteroatoms. The minimum absolute atomic E-state index is 0.223. The number of amides is 1. The zero-order valence-electron chi connectivity index (χ0n) is 20.7. The number of fused-ring (bicyclic) bond motifs is 1. The largest absolute Gasteiger partial charge is 0.486 e. The Hall–Kier alpha value is -3.56. The van der Waals surface area contributed by atoms with E-state index >= 15 is 8.78 Å². The standard InChI is InChI=1S/C29H29F3N2O4/c30-23-10-5-20(6-11-23)19-3-8-22(9-4-19)29(31,32)28(36)33-24(18-34-13-1-2-14-34)27(35)21-7-12-25-26(17-21)38-16-15-37-25/h3-12,17,24,27,35H,1-2,13-16,18H2,(H,33,36). The van der Waals surface area contributed by atoms with Crippen LogP contribution >= 0.6 is 0 Å². The Labute approximate surface area is 219 Å². The number of aliphatic hydroxyl groups is 1. The summed E-state index contributed by atoms with van der Waals surface area (Å²) in [6, 6.07) is 14.9. The molecule has 2 N–H and O–H groups in total. The molecule has 2 atom stereocenters. The van der Waals surface area contributed by atoms with Gasteiger partial charge < -0.3 is 24.8 Å². The number of halogens is 3. The minimum Gasteiger partial charge on any atom is -0.486 e. The number of nitrogens with one attached hydrogen (secondary N) is 1. The number of ether oxygens (including phenoxy) is 2. The van der Waals surface area contributed by atoms with Crippen molar-refractivity contribution in [2.75, 3.05) is 32.8 Å². The third kappa shape index (κ3) is 5.63. The van der Waals surface area contributed by atoms with Crippen molar-refractivity contribution < 1.29 is 32.5 Å². The van der Waals surface area contributed by atoms with Crippen molar-refractivity contribution in [1.82, 2.24) is 10.2 Å². The van der Waals surface area contributed by atoms with Gasteiger partial charge in [-0.15, -0.1) is 0 Å². The van der Waals surface area contributed by atoms with E-state index in [0.29, 0.717) is 41.4 Å². The second-order valence-corrected chi connectivity index (χ2v) is 9.59. The van der Waals surface area contributed by atoms with Gasteiger partial charge in [0.2, 0.25) is 0 Å². The summed E-state index contributed by atoms with van der Waals surface area (Å²) >= 11 is 0. The normalized spacial score (nSPS) is 17.2. The van der Waals surface area contributed by atoms with E-state index < -0.39 is 35.4 Å². The van der Waals surface area contributed by atoms with Gasteiger partial charge in [0, 0.05) is 12.1 Å². The molecule has 2 unspecified atom stereocenters. The van der Waals surface area contributed by atoms with Crippen molar-refractivity contribution >= 4 is 5.91 Å². The number of carbonyl (C=O) groups excluding carboxylic acids is 1. The number of benzene rings is 3. The number of likely N-dealkylation sites (tertiary alicyclic amines) is 1. The summed E-state index contributed by atoms with van der Waals surface area (Å²) in [4.78, 5) is 15.0. The first-order chi connectivity index (χ1) is 18.3. The highest BCUT2D eigenvalue weighted by molar-refractivity contribution is 5.85. The van der Waals surface area contributed by atoms with Gasteiger partial charge in [-0.1, -0.05) is 42.5 Å². The van der Waals surface area contributed by atoms with Crippen LogP contribution in [-0.2, 0) is 10.7 Å². The topological polar surface area (TPSA) is 71.0 Å². The summed E-state index contributed by atoms with van der Waals surface area (Å²) in [6.45, 7) is 2.54. The van der Waals surface area contributed by atoms with Gasteiger partial charge in [-0.2, -0.15) is 8.78 Å². The number of aliphatic hydroxyl groups excluding tert-OH is 1.